The van der Waals surface area contributed by atoms with Crippen molar-refractivity contribution in [3.8, 4) is 5.75 Å². The minimum Gasteiger partial charge on any atom is -0.484 e. The van der Waals surface area contributed by atoms with Gasteiger partial charge in [0.2, 0.25) is 0 Å². The Morgan fingerprint density at radius 3 is 2.76 bits per heavy atom. The van der Waals surface area contributed by atoms with Gasteiger partial charge in [0.1, 0.15) is 11.6 Å². The minimum atomic E-state index is -0.271. The smallest absolute Gasteiger partial charge is 0.258 e. The zero-order valence-corrected chi connectivity index (χ0v) is 14.1. The topological polar surface area (TPSA) is 84.1 Å². The third-order valence-electron chi connectivity index (χ3n) is 3.81. The van der Waals surface area contributed by atoms with Gasteiger partial charge in [0, 0.05) is 5.56 Å². The van der Waals surface area contributed by atoms with E-state index >= 15 is 0 Å². The van der Waals surface area contributed by atoms with Crippen molar-refractivity contribution in [3.63, 3.8) is 0 Å². The zero-order chi connectivity index (χ0) is 17.8. The van der Waals surface area contributed by atoms with Crippen molar-refractivity contribution in [2.45, 2.75) is 19.9 Å². The summed E-state index contributed by atoms with van der Waals surface area (Å²) < 4.78 is 5.46. The summed E-state index contributed by atoms with van der Waals surface area (Å²) in [5, 5.41) is 2.84. The SMILES string of the molecule is CC(=O)c1cccc(OCC(=O)NC(C)c2nc3ccccc3[nH]2)c1. The lowest BCUT2D eigenvalue weighted by Crippen LogP contribution is -2.31. The number of amides is 1. The number of ether oxygens (including phenoxy) is 1. The molecule has 1 unspecified atom stereocenters. The summed E-state index contributed by atoms with van der Waals surface area (Å²) in [6.45, 7) is 3.21. The summed E-state index contributed by atoms with van der Waals surface area (Å²) in [5.41, 5.74) is 2.33. The first-order chi connectivity index (χ1) is 12.0. The van der Waals surface area contributed by atoms with Crippen molar-refractivity contribution < 1.29 is 14.3 Å². The highest BCUT2D eigenvalue weighted by Crippen LogP contribution is 2.16. The van der Waals surface area contributed by atoms with Crippen molar-refractivity contribution in [1.29, 1.82) is 0 Å². The second-order valence-electron chi connectivity index (χ2n) is 5.80. The number of fused-ring (bicyclic) bond motifs is 1. The van der Waals surface area contributed by atoms with Crippen LogP contribution in [0.1, 0.15) is 36.1 Å². The fourth-order valence-corrected chi connectivity index (χ4v) is 2.48. The number of Topliss-reactive ketones (excluding diaryl/α,β-unsaturated/α-hetero) is 1. The molecule has 25 heavy (non-hydrogen) atoms. The summed E-state index contributed by atoms with van der Waals surface area (Å²) in [5.74, 6) is 0.863. The van der Waals surface area contributed by atoms with Crippen LogP contribution in [-0.4, -0.2) is 28.3 Å². The second kappa shape index (κ2) is 7.17. The van der Waals surface area contributed by atoms with E-state index < -0.39 is 0 Å². The monoisotopic (exact) mass is 337 g/mol. The van der Waals surface area contributed by atoms with Crippen LogP contribution in [0.4, 0.5) is 0 Å². The van der Waals surface area contributed by atoms with Crippen LogP contribution in [-0.2, 0) is 4.79 Å². The van der Waals surface area contributed by atoms with Gasteiger partial charge in [-0.25, -0.2) is 4.98 Å². The Morgan fingerprint density at radius 1 is 1.20 bits per heavy atom. The molecular weight excluding hydrogens is 318 g/mol. The number of hydrogen-bond donors (Lipinski definition) is 2. The summed E-state index contributed by atoms with van der Waals surface area (Å²) >= 11 is 0. The van der Waals surface area contributed by atoms with E-state index in [0.29, 0.717) is 17.1 Å². The van der Waals surface area contributed by atoms with Crippen LogP contribution in [0.25, 0.3) is 11.0 Å². The Hall–Kier alpha value is -3.15. The number of carbonyl (C=O) groups excluding carboxylic acids is 2. The number of carbonyl (C=O) groups is 2. The van der Waals surface area contributed by atoms with Crippen LogP contribution >= 0.6 is 0 Å². The highest BCUT2D eigenvalue weighted by Gasteiger charge is 2.14. The molecular formula is C19H19N3O3. The second-order valence-corrected chi connectivity index (χ2v) is 5.80. The normalized spacial score (nSPS) is 11.9. The highest BCUT2D eigenvalue weighted by atomic mass is 16.5. The number of ketones is 1. The molecule has 0 saturated heterocycles. The fourth-order valence-electron chi connectivity index (χ4n) is 2.48. The molecule has 0 saturated carbocycles. The molecule has 0 radical (unpaired) electrons. The van der Waals surface area contributed by atoms with E-state index in [0.717, 1.165) is 11.0 Å². The average Bonchev–Trinajstić information content (AvgIpc) is 3.04. The van der Waals surface area contributed by atoms with Gasteiger partial charge >= 0.3 is 0 Å². The number of hydrogen-bond acceptors (Lipinski definition) is 4. The van der Waals surface area contributed by atoms with E-state index in [-0.39, 0.29) is 24.3 Å². The maximum Gasteiger partial charge on any atom is 0.258 e. The number of aromatic nitrogens is 2. The quantitative estimate of drug-likeness (QED) is 0.677. The van der Waals surface area contributed by atoms with Crippen LogP contribution in [0, 0.1) is 0 Å². The average molecular weight is 337 g/mol. The molecule has 1 aromatic heterocycles. The van der Waals surface area contributed by atoms with Gasteiger partial charge in [-0.1, -0.05) is 24.3 Å². The molecule has 1 atom stereocenters. The molecule has 3 aromatic rings. The molecule has 128 valence electrons. The van der Waals surface area contributed by atoms with Gasteiger partial charge in [-0.15, -0.1) is 0 Å². The third-order valence-corrected chi connectivity index (χ3v) is 3.81. The highest BCUT2D eigenvalue weighted by molar-refractivity contribution is 5.94. The maximum absolute atomic E-state index is 12.1. The van der Waals surface area contributed by atoms with Gasteiger partial charge in [0.15, 0.2) is 12.4 Å². The molecule has 2 aromatic carbocycles. The van der Waals surface area contributed by atoms with Gasteiger partial charge in [0.25, 0.3) is 5.91 Å². The lowest BCUT2D eigenvalue weighted by Gasteiger charge is -2.12. The van der Waals surface area contributed by atoms with Crippen molar-refractivity contribution in [2.75, 3.05) is 6.61 Å². The molecule has 0 aliphatic heterocycles. The lowest BCUT2D eigenvalue weighted by molar-refractivity contribution is -0.123. The predicted octanol–water partition coefficient (Wildman–Crippen LogP) is 3.02. The van der Waals surface area contributed by atoms with Crippen LogP contribution in [0.5, 0.6) is 5.75 Å². The van der Waals surface area contributed by atoms with E-state index in [9.17, 15) is 9.59 Å². The van der Waals surface area contributed by atoms with Crippen LogP contribution < -0.4 is 10.1 Å². The number of nitrogens with zero attached hydrogens (tertiary/aromatic N) is 1. The predicted molar refractivity (Wildman–Crippen MR) is 94.6 cm³/mol. The molecule has 0 fully saturated rings. The molecule has 0 spiro atoms. The van der Waals surface area contributed by atoms with Gasteiger partial charge in [-0.3, -0.25) is 9.59 Å². The Bertz CT molecular complexity index is 884. The summed E-state index contributed by atoms with van der Waals surface area (Å²) in [6, 6.07) is 14.2. The van der Waals surface area contributed by atoms with Gasteiger partial charge in [-0.2, -0.15) is 0 Å². The van der Waals surface area contributed by atoms with E-state index in [4.69, 9.17) is 4.74 Å². The van der Waals surface area contributed by atoms with Crippen molar-refractivity contribution >= 4 is 22.7 Å². The Morgan fingerprint density at radius 2 is 2.00 bits per heavy atom. The molecule has 0 bridgehead atoms. The molecule has 1 amide bonds. The zero-order valence-electron chi connectivity index (χ0n) is 14.1. The molecule has 0 aliphatic carbocycles. The Kier molecular flexibility index (Phi) is 4.79. The lowest BCUT2D eigenvalue weighted by atomic mass is 10.1. The van der Waals surface area contributed by atoms with Crippen LogP contribution in [0.15, 0.2) is 48.5 Å². The van der Waals surface area contributed by atoms with Gasteiger partial charge in [-0.05, 0) is 38.1 Å². The number of rotatable bonds is 6. The molecule has 2 N–H and O–H groups in total. The first-order valence-corrected chi connectivity index (χ1v) is 8.01. The number of imidazole rings is 1. The van der Waals surface area contributed by atoms with Crippen LogP contribution in [0.3, 0.4) is 0 Å². The number of benzene rings is 2. The summed E-state index contributed by atoms with van der Waals surface area (Å²) in [4.78, 5) is 31.1. The van der Waals surface area contributed by atoms with E-state index in [1.165, 1.54) is 6.92 Å². The Balaban J connectivity index is 1.58. The fraction of sp³-hybridized carbons (Fsp3) is 0.211. The number of H-pyrrole nitrogens is 1. The number of para-hydroxylation sites is 2. The standard InChI is InChI=1S/C19H19N3O3/c1-12(19-21-16-8-3-4-9-17(16)22-19)20-18(24)11-25-15-7-5-6-14(10-15)13(2)23/h3-10,12H,11H2,1-2H3,(H,20,24)(H,21,22). The third kappa shape index (κ3) is 4.03. The molecule has 6 heteroatoms. The molecule has 1 heterocycles. The first-order valence-electron chi connectivity index (χ1n) is 8.01. The van der Waals surface area contributed by atoms with E-state index in [2.05, 4.69) is 15.3 Å². The first kappa shape index (κ1) is 16.7. The van der Waals surface area contributed by atoms with E-state index in [1.807, 2.05) is 31.2 Å². The minimum absolute atomic E-state index is 0.0478. The molecule has 6 nitrogen and oxygen atoms in total. The largest absolute Gasteiger partial charge is 0.484 e. The summed E-state index contributed by atoms with van der Waals surface area (Å²) in [7, 11) is 0. The van der Waals surface area contributed by atoms with Crippen molar-refractivity contribution in [2.24, 2.45) is 0 Å². The van der Waals surface area contributed by atoms with Crippen LogP contribution in [0.2, 0.25) is 0 Å². The summed E-state index contributed by atoms with van der Waals surface area (Å²) in [6.07, 6.45) is 0. The van der Waals surface area contributed by atoms with Gasteiger partial charge in [0.05, 0.1) is 17.1 Å². The molecule has 3 rings (SSSR count). The van der Waals surface area contributed by atoms with Crippen molar-refractivity contribution in [1.82, 2.24) is 15.3 Å². The number of nitrogens with one attached hydrogen (secondary N) is 2. The maximum atomic E-state index is 12.1. The molecule has 0 aliphatic rings. The van der Waals surface area contributed by atoms with E-state index in [1.54, 1.807) is 24.3 Å². The number of aromatic amines is 1. The van der Waals surface area contributed by atoms with Gasteiger partial charge < -0.3 is 15.0 Å². The van der Waals surface area contributed by atoms with Crippen molar-refractivity contribution in [3.05, 3.63) is 59.9 Å². The Labute approximate surface area is 145 Å².